The molecular weight excluding hydrogens is 595 g/mol. The molecule has 2 aromatic heterocycles. The lowest BCUT2D eigenvalue weighted by atomic mass is 10.0. The third kappa shape index (κ3) is 8.28. The van der Waals surface area contributed by atoms with Crippen LogP contribution in [0, 0.1) is 6.92 Å². The molecule has 0 radical (unpaired) electrons. The van der Waals surface area contributed by atoms with Crippen molar-refractivity contribution in [2.75, 3.05) is 18.4 Å². The number of nitrogens with one attached hydrogen (secondary N) is 4. The maximum atomic E-state index is 13.3. The Kier molecular flexibility index (Phi) is 10.2. The fourth-order valence-corrected chi connectivity index (χ4v) is 6.80. The zero-order valence-electron chi connectivity index (χ0n) is 26.3. The van der Waals surface area contributed by atoms with Gasteiger partial charge in [-0.25, -0.2) is 4.79 Å². The smallest absolute Gasteiger partial charge is 0.331 e. The Hall–Kier alpha value is -4.31. The molecule has 2 fully saturated rings. The molecule has 4 aromatic rings. The lowest BCUT2D eigenvalue weighted by Crippen LogP contribution is -2.51. The monoisotopic (exact) mass is 635 g/mol. The Bertz CT molecular complexity index is 1680. The van der Waals surface area contributed by atoms with E-state index in [-0.39, 0.29) is 24.0 Å². The average molecular weight is 636 g/mol. The van der Waals surface area contributed by atoms with E-state index in [1.165, 1.54) is 15.8 Å². The summed E-state index contributed by atoms with van der Waals surface area (Å²) in [5, 5.41) is 13.6. The standard InChI is InChI=1S/C37H41N5O3S/c1-24-8-10-30(42-31-21-39-22-31)19-34(24)37(44)41-25(2)27-6-3-7-28(17-27)35-14-13-33(46-35)23-40-29-11-12-32(18-29)45-36(43)15-9-26-5-4-16-38-20-26/h3-10,13-17,19-20,25,29,31-32,39-40,42H,11-12,18,21-23H2,1-2H3,(H,41,44)/b15-9+/t25-,29+,32-/m1/s1. The highest BCUT2D eigenvalue weighted by atomic mass is 32.1. The molecule has 1 amide bonds. The minimum absolute atomic E-state index is 0.0675. The summed E-state index contributed by atoms with van der Waals surface area (Å²) >= 11 is 1.77. The largest absolute Gasteiger partial charge is 0.459 e. The van der Waals surface area contributed by atoms with Crippen LogP contribution in [0.25, 0.3) is 16.5 Å². The predicted molar refractivity (Wildman–Crippen MR) is 185 cm³/mol. The second-order valence-corrected chi connectivity index (χ2v) is 13.4. The second-order valence-electron chi connectivity index (χ2n) is 12.2. The third-order valence-electron chi connectivity index (χ3n) is 8.64. The van der Waals surface area contributed by atoms with Crippen LogP contribution >= 0.6 is 11.3 Å². The Morgan fingerprint density at radius 3 is 2.76 bits per heavy atom. The molecule has 0 bridgehead atoms. The van der Waals surface area contributed by atoms with Crippen molar-refractivity contribution in [3.05, 3.63) is 112 Å². The Morgan fingerprint density at radius 1 is 1.07 bits per heavy atom. The minimum atomic E-state index is -0.313. The first-order valence-corrected chi connectivity index (χ1v) is 16.8. The summed E-state index contributed by atoms with van der Waals surface area (Å²) in [5.41, 5.74) is 5.70. The van der Waals surface area contributed by atoms with E-state index >= 15 is 0 Å². The molecule has 1 saturated heterocycles. The molecule has 2 aliphatic rings. The number of anilines is 1. The van der Waals surface area contributed by atoms with Crippen LogP contribution in [0.5, 0.6) is 0 Å². The number of hydrogen-bond acceptors (Lipinski definition) is 8. The minimum Gasteiger partial charge on any atom is -0.459 e. The van der Waals surface area contributed by atoms with Gasteiger partial charge in [0.1, 0.15) is 6.10 Å². The van der Waals surface area contributed by atoms with Crippen molar-refractivity contribution in [1.29, 1.82) is 0 Å². The molecule has 2 aromatic carbocycles. The summed E-state index contributed by atoms with van der Waals surface area (Å²) < 4.78 is 5.67. The van der Waals surface area contributed by atoms with E-state index in [0.29, 0.717) is 17.6 Å². The SMILES string of the molecule is Cc1ccc(NC2CNC2)cc1C(=O)N[C@H](C)c1cccc(-c2ccc(CN[C@H]3CC[C@@H](OC(=O)/C=C/c4cccnc4)C3)s2)c1. The fraction of sp³-hybridized carbons (Fsp3) is 0.324. The van der Waals surface area contributed by atoms with Gasteiger partial charge in [-0.1, -0.05) is 30.3 Å². The number of thiophene rings is 1. The van der Waals surface area contributed by atoms with Crippen LogP contribution in [-0.4, -0.2) is 48.1 Å². The highest BCUT2D eigenvalue weighted by Crippen LogP contribution is 2.31. The zero-order chi connectivity index (χ0) is 31.9. The Morgan fingerprint density at radius 2 is 1.96 bits per heavy atom. The quantitative estimate of drug-likeness (QED) is 0.108. The van der Waals surface area contributed by atoms with Gasteiger partial charge in [0, 0.05) is 65.2 Å². The van der Waals surface area contributed by atoms with Gasteiger partial charge < -0.3 is 26.0 Å². The summed E-state index contributed by atoms with van der Waals surface area (Å²) in [7, 11) is 0. The number of carbonyl (C=O) groups is 2. The maximum Gasteiger partial charge on any atom is 0.331 e. The highest BCUT2D eigenvalue weighted by Gasteiger charge is 2.27. The molecule has 3 heterocycles. The molecular formula is C37H41N5O3S. The topological polar surface area (TPSA) is 104 Å². The molecule has 46 heavy (non-hydrogen) atoms. The fourth-order valence-electron chi connectivity index (χ4n) is 5.85. The number of pyridine rings is 1. The number of esters is 1. The second kappa shape index (κ2) is 14.9. The van der Waals surface area contributed by atoms with Crippen molar-refractivity contribution < 1.29 is 14.3 Å². The van der Waals surface area contributed by atoms with E-state index < -0.39 is 0 Å². The van der Waals surface area contributed by atoms with Gasteiger partial charge in [-0.15, -0.1) is 11.3 Å². The first-order valence-electron chi connectivity index (χ1n) is 16.0. The van der Waals surface area contributed by atoms with Gasteiger partial charge in [0.05, 0.1) is 12.1 Å². The van der Waals surface area contributed by atoms with Crippen molar-refractivity contribution in [2.24, 2.45) is 0 Å². The van der Waals surface area contributed by atoms with Crippen LogP contribution in [0.1, 0.15) is 64.2 Å². The van der Waals surface area contributed by atoms with E-state index in [1.807, 2.05) is 44.2 Å². The lowest BCUT2D eigenvalue weighted by molar-refractivity contribution is -0.142. The van der Waals surface area contributed by atoms with Crippen molar-refractivity contribution in [3.63, 3.8) is 0 Å². The van der Waals surface area contributed by atoms with Gasteiger partial charge in [0.25, 0.3) is 5.91 Å². The van der Waals surface area contributed by atoms with E-state index in [1.54, 1.807) is 29.8 Å². The Labute approximate surface area is 274 Å². The molecule has 3 atom stereocenters. The third-order valence-corrected chi connectivity index (χ3v) is 9.78. The summed E-state index contributed by atoms with van der Waals surface area (Å²) in [6.45, 7) is 6.66. The van der Waals surface area contributed by atoms with Gasteiger partial charge in [-0.2, -0.15) is 0 Å². The number of rotatable bonds is 12. The number of amides is 1. The van der Waals surface area contributed by atoms with Crippen LogP contribution in [-0.2, 0) is 16.1 Å². The van der Waals surface area contributed by atoms with Gasteiger partial charge >= 0.3 is 5.97 Å². The summed E-state index contributed by atoms with van der Waals surface area (Å²) in [6.07, 6.45) is 9.20. The first kappa shape index (κ1) is 31.7. The molecule has 1 saturated carbocycles. The normalized spacial score (nSPS) is 18.7. The average Bonchev–Trinajstić information content (AvgIpc) is 3.71. The number of aromatic nitrogens is 1. The molecule has 4 N–H and O–H groups in total. The van der Waals surface area contributed by atoms with Crippen molar-refractivity contribution in [2.45, 2.75) is 63.9 Å². The molecule has 0 unspecified atom stereocenters. The predicted octanol–water partition coefficient (Wildman–Crippen LogP) is 6.26. The van der Waals surface area contributed by atoms with Crippen LogP contribution in [0.15, 0.2) is 85.2 Å². The number of carbonyl (C=O) groups excluding carboxylic acids is 2. The van der Waals surface area contributed by atoms with Crippen molar-refractivity contribution >= 4 is 35.0 Å². The first-order chi connectivity index (χ1) is 22.4. The van der Waals surface area contributed by atoms with Crippen molar-refractivity contribution in [3.8, 4) is 10.4 Å². The van der Waals surface area contributed by atoms with Crippen LogP contribution in [0.2, 0.25) is 0 Å². The van der Waals surface area contributed by atoms with E-state index in [4.69, 9.17) is 4.74 Å². The van der Waals surface area contributed by atoms with Crippen LogP contribution in [0.3, 0.4) is 0 Å². The number of benzene rings is 2. The molecule has 6 rings (SSSR count). The molecule has 1 aliphatic heterocycles. The highest BCUT2D eigenvalue weighted by molar-refractivity contribution is 7.15. The maximum absolute atomic E-state index is 13.3. The molecule has 238 valence electrons. The molecule has 1 aliphatic carbocycles. The van der Waals surface area contributed by atoms with Gasteiger partial charge in [-0.3, -0.25) is 9.78 Å². The van der Waals surface area contributed by atoms with Gasteiger partial charge in [-0.05, 0) is 97.8 Å². The number of nitrogens with zero attached hydrogens (tertiary/aromatic N) is 1. The molecule has 0 spiro atoms. The summed E-state index contributed by atoms with van der Waals surface area (Å²) in [5.74, 6) is -0.382. The van der Waals surface area contributed by atoms with Crippen LogP contribution < -0.4 is 21.3 Å². The van der Waals surface area contributed by atoms with Crippen molar-refractivity contribution in [1.82, 2.24) is 20.9 Å². The molecule has 8 nitrogen and oxygen atoms in total. The Balaban J connectivity index is 0.990. The number of aryl methyl sites for hydroxylation is 1. The van der Waals surface area contributed by atoms with Gasteiger partial charge in [0.2, 0.25) is 0 Å². The number of hydrogen-bond donors (Lipinski definition) is 4. The zero-order valence-corrected chi connectivity index (χ0v) is 27.1. The lowest BCUT2D eigenvalue weighted by Gasteiger charge is -2.29. The summed E-state index contributed by atoms with van der Waals surface area (Å²) in [4.78, 5) is 32.1. The molecule has 9 heteroatoms. The summed E-state index contributed by atoms with van der Waals surface area (Å²) in [6, 6.07) is 23.0. The van der Waals surface area contributed by atoms with E-state index in [0.717, 1.165) is 66.8 Å². The van der Waals surface area contributed by atoms with E-state index in [2.05, 4.69) is 62.6 Å². The van der Waals surface area contributed by atoms with Crippen LogP contribution in [0.4, 0.5) is 5.69 Å². The van der Waals surface area contributed by atoms with Gasteiger partial charge in [0.15, 0.2) is 0 Å². The van der Waals surface area contributed by atoms with E-state index in [9.17, 15) is 9.59 Å². The number of ether oxygens (including phenoxy) is 1.